The first-order chi connectivity index (χ1) is 20.5. The van der Waals surface area contributed by atoms with Crippen molar-refractivity contribution in [2.24, 2.45) is 0 Å². The van der Waals surface area contributed by atoms with Gasteiger partial charge in [-0.3, -0.25) is 0 Å². The van der Waals surface area contributed by atoms with Crippen molar-refractivity contribution in [2.45, 2.75) is 42.0 Å². The Kier molecular flexibility index (Phi) is 13.5. The van der Waals surface area contributed by atoms with E-state index in [1.54, 1.807) is 18.7 Å². The van der Waals surface area contributed by atoms with Crippen LogP contribution in [-0.4, -0.2) is 21.6 Å². The predicted octanol–water partition coefficient (Wildman–Crippen LogP) is -0.194. The molecule has 2 heterocycles. The summed E-state index contributed by atoms with van der Waals surface area (Å²) in [6.45, 7) is 5.54. The smallest absolute Gasteiger partial charge is 0.790 e. The molecule has 45 heavy (non-hydrogen) atoms. The van der Waals surface area contributed by atoms with Gasteiger partial charge in [0.05, 0.1) is 31.0 Å². The summed E-state index contributed by atoms with van der Waals surface area (Å²) < 4.78 is 16.2. The Labute approximate surface area is 311 Å². The maximum atomic E-state index is 11.4. The maximum Gasteiger partial charge on any atom is 1.00 e. The van der Waals surface area contributed by atoms with Crippen molar-refractivity contribution in [3.63, 3.8) is 0 Å². The van der Waals surface area contributed by atoms with Gasteiger partial charge in [0.25, 0.3) is 0 Å². The second-order valence-electron chi connectivity index (χ2n) is 10.5. The molecule has 3 aromatic carbocycles. The minimum atomic E-state index is -5.21. The number of fused-ring (bicyclic) bond motifs is 1. The molecule has 1 unspecified atom stereocenters. The molecular weight excluding hydrogens is 629 g/mol. The average molecular weight is 661 g/mol. The summed E-state index contributed by atoms with van der Waals surface area (Å²) in [4.78, 5) is 38.3. The van der Waals surface area contributed by atoms with Crippen molar-refractivity contribution in [1.82, 2.24) is 15.0 Å². The van der Waals surface area contributed by atoms with Crippen LogP contribution in [0.25, 0.3) is 11.0 Å². The number of nitrogens with two attached hydrogens (primary N) is 1. The van der Waals surface area contributed by atoms with Gasteiger partial charge in [0.15, 0.2) is 5.65 Å². The first kappa shape index (κ1) is 37.5. The summed E-state index contributed by atoms with van der Waals surface area (Å²) in [7, 11) is -5.21. The molecule has 4 N–H and O–H groups in total. The van der Waals surface area contributed by atoms with Crippen molar-refractivity contribution in [3.05, 3.63) is 103 Å². The molecule has 0 aliphatic heterocycles. The Hall–Kier alpha value is -1.99. The number of phosphoric ester groups is 1. The molecule has 5 rings (SSSR count). The van der Waals surface area contributed by atoms with Gasteiger partial charge in [-0.15, -0.1) is 0 Å². The monoisotopic (exact) mass is 660 g/mol. The summed E-state index contributed by atoms with van der Waals surface area (Å²) in [5.41, 5.74) is 9.17. The van der Waals surface area contributed by atoms with E-state index < -0.39 is 20.0 Å². The summed E-state index contributed by atoms with van der Waals surface area (Å²) in [5.74, 6) is 0.832. The molecule has 10 nitrogen and oxygen atoms in total. The van der Waals surface area contributed by atoms with Crippen LogP contribution in [0.2, 0.25) is 0 Å². The normalized spacial score (nSPS) is 12.6. The molecule has 14 heteroatoms. The van der Waals surface area contributed by atoms with Gasteiger partial charge in [-0.2, -0.15) is 0 Å². The Balaban J connectivity index is 0.00000276. The molecule has 0 saturated heterocycles. The van der Waals surface area contributed by atoms with Gasteiger partial charge in [0.2, 0.25) is 0 Å². The van der Waals surface area contributed by atoms with E-state index in [9.17, 15) is 14.4 Å². The molecule has 0 aliphatic rings. The molecule has 5 aromatic rings. The molecule has 0 fully saturated rings. The van der Waals surface area contributed by atoms with Crippen LogP contribution < -0.4 is 85.3 Å². The van der Waals surface area contributed by atoms with E-state index in [4.69, 9.17) is 15.2 Å². The van der Waals surface area contributed by atoms with E-state index in [1.165, 1.54) is 6.33 Å². The number of pyridine rings is 1. The Bertz CT molecular complexity index is 1780. The number of nitrogens with zero attached hydrogens (tertiary/aromatic N) is 3. The number of phosphoric acid groups is 1. The zero-order chi connectivity index (χ0) is 30.6. The van der Waals surface area contributed by atoms with Crippen molar-refractivity contribution in [1.29, 1.82) is 0 Å². The van der Waals surface area contributed by atoms with Crippen molar-refractivity contribution in [3.8, 4) is 0 Å². The van der Waals surface area contributed by atoms with Crippen LogP contribution in [0.4, 0.5) is 22.9 Å². The molecular formula is C31H31N6Na2O4PS. The number of benzene rings is 3. The zero-order valence-electron chi connectivity index (χ0n) is 25.9. The average Bonchev–Trinajstić information content (AvgIpc) is 2.98. The topological polar surface area (TPSA) is 161 Å². The molecule has 0 spiro atoms. The molecule has 222 valence electrons. The largest absolute Gasteiger partial charge is 1.00 e. The van der Waals surface area contributed by atoms with Gasteiger partial charge in [-0.25, -0.2) is 15.0 Å². The van der Waals surface area contributed by atoms with Gasteiger partial charge < -0.3 is 35.2 Å². The third kappa shape index (κ3) is 10.00. The van der Waals surface area contributed by atoms with Crippen LogP contribution >= 0.6 is 19.6 Å². The SMILES string of the molecule is CC(C)c1ccc2c(Nc3cc(NC(C)(COP(=O)([O-])[O-])c4ccccc4)ccc3Sc3ccc(N)cc3)ncnc2n1.[Na+].[Na+]. The summed E-state index contributed by atoms with van der Waals surface area (Å²) >= 11 is 1.54. The van der Waals surface area contributed by atoms with Crippen LogP contribution in [0.15, 0.2) is 101 Å². The first-order valence-electron chi connectivity index (χ1n) is 13.6. The van der Waals surface area contributed by atoms with E-state index in [2.05, 4.69) is 34.4 Å². The number of hydrogen-bond donors (Lipinski definition) is 3. The number of rotatable bonds is 11. The summed E-state index contributed by atoms with van der Waals surface area (Å²) in [6, 6.07) is 26.4. The van der Waals surface area contributed by atoms with E-state index in [-0.39, 0.29) is 65.0 Å². The van der Waals surface area contributed by atoms with Crippen LogP contribution in [-0.2, 0) is 14.6 Å². The van der Waals surface area contributed by atoms with E-state index in [0.29, 0.717) is 22.8 Å². The van der Waals surface area contributed by atoms with Gasteiger partial charge >= 0.3 is 59.1 Å². The Morgan fingerprint density at radius 2 is 1.69 bits per heavy atom. The molecule has 0 radical (unpaired) electrons. The minimum absolute atomic E-state index is 0. The van der Waals surface area contributed by atoms with Gasteiger partial charge in [0.1, 0.15) is 12.1 Å². The second-order valence-corrected chi connectivity index (χ2v) is 12.8. The third-order valence-electron chi connectivity index (χ3n) is 6.79. The fourth-order valence-electron chi connectivity index (χ4n) is 4.49. The number of aromatic nitrogens is 3. The molecule has 0 amide bonds. The number of hydrogen-bond acceptors (Lipinski definition) is 11. The molecule has 2 aromatic heterocycles. The molecule has 0 bridgehead atoms. The first-order valence-corrected chi connectivity index (χ1v) is 15.8. The fourth-order valence-corrected chi connectivity index (χ4v) is 5.79. The van der Waals surface area contributed by atoms with Crippen LogP contribution in [0.3, 0.4) is 0 Å². The van der Waals surface area contributed by atoms with Gasteiger partial charge in [-0.1, -0.05) is 55.9 Å². The van der Waals surface area contributed by atoms with E-state index >= 15 is 0 Å². The van der Waals surface area contributed by atoms with E-state index in [0.717, 1.165) is 32.1 Å². The third-order valence-corrected chi connectivity index (χ3v) is 8.32. The zero-order valence-corrected chi connectivity index (χ0v) is 31.6. The van der Waals surface area contributed by atoms with E-state index in [1.807, 2.05) is 84.9 Å². The van der Waals surface area contributed by atoms with Crippen molar-refractivity contribution >= 4 is 53.5 Å². The molecule has 1 atom stereocenters. The summed E-state index contributed by atoms with van der Waals surface area (Å²) in [6.07, 6.45) is 1.48. The van der Waals surface area contributed by atoms with Crippen LogP contribution in [0.1, 0.15) is 37.9 Å². The standard InChI is InChI=1S/C31H33N6O4PS.2Na/c1-20(2)26-15-14-25-29(35-26)33-19-34-30(25)36-27-17-23(11-16-28(27)43-24-12-9-22(32)10-13-24)37-31(3,18-41-42(38,39)40)21-7-5-4-6-8-21;;/h4-17,19-20,37H,18,32H2,1-3H3,(H2,38,39,40)(H,33,34,35,36);;/q;2*+1/p-2. The quantitative estimate of drug-likeness (QED) is 0.0979. The Morgan fingerprint density at radius 3 is 2.36 bits per heavy atom. The van der Waals surface area contributed by atoms with Crippen LogP contribution in [0.5, 0.6) is 0 Å². The van der Waals surface area contributed by atoms with Crippen molar-refractivity contribution < 1.29 is 78.0 Å². The van der Waals surface area contributed by atoms with Gasteiger partial charge in [0, 0.05) is 26.9 Å². The second kappa shape index (κ2) is 16.2. The molecule has 0 saturated carbocycles. The molecule has 0 aliphatic carbocycles. The van der Waals surface area contributed by atoms with Crippen molar-refractivity contribution in [2.75, 3.05) is 23.0 Å². The fraction of sp³-hybridized carbons (Fsp3) is 0.194. The Morgan fingerprint density at radius 1 is 0.978 bits per heavy atom. The number of anilines is 4. The predicted molar refractivity (Wildman–Crippen MR) is 167 cm³/mol. The number of nitrogens with one attached hydrogen (secondary N) is 2. The van der Waals surface area contributed by atoms with Crippen LogP contribution in [0, 0.1) is 0 Å². The summed E-state index contributed by atoms with van der Waals surface area (Å²) in [5, 5.41) is 7.62. The minimum Gasteiger partial charge on any atom is -0.790 e. The number of nitrogen functional groups attached to an aromatic ring is 1. The van der Waals surface area contributed by atoms with Gasteiger partial charge in [-0.05, 0) is 73.0 Å². The maximum absolute atomic E-state index is 11.4.